The first-order chi connectivity index (χ1) is 9.43. The van der Waals surface area contributed by atoms with Crippen molar-refractivity contribution in [1.29, 1.82) is 0 Å². The van der Waals surface area contributed by atoms with Gasteiger partial charge in [-0.15, -0.1) is 0 Å². The standard InChI is InChI=1S/C15H26N2O3/c1-16(2)14(19)12-7-6-10-17(12)13(18)11-15(20)8-4-3-5-9-15/h12,20H,3-11H2,1-2H3. The maximum Gasteiger partial charge on any atom is 0.244 e. The molecule has 1 aliphatic heterocycles. The summed E-state index contributed by atoms with van der Waals surface area (Å²) in [5, 5.41) is 10.5. The van der Waals surface area contributed by atoms with Crippen molar-refractivity contribution in [1.82, 2.24) is 9.80 Å². The number of aliphatic hydroxyl groups is 1. The molecule has 0 aromatic rings. The van der Waals surface area contributed by atoms with Gasteiger partial charge in [-0.3, -0.25) is 9.59 Å². The quantitative estimate of drug-likeness (QED) is 0.844. The predicted octanol–water partition coefficient (Wildman–Crippen LogP) is 1.15. The van der Waals surface area contributed by atoms with Gasteiger partial charge in [-0.2, -0.15) is 0 Å². The molecule has 1 atom stereocenters. The van der Waals surface area contributed by atoms with Crippen LogP contribution < -0.4 is 0 Å². The Morgan fingerprint density at radius 3 is 2.45 bits per heavy atom. The van der Waals surface area contributed by atoms with Gasteiger partial charge in [0.05, 0.1) is 12.0 Å². The molecule has 1 heterocycles. The van der Waals surface area contributed by atoms with E-state index >= 15 is 0 Å². The van der Waals surface area contributed by atoms with Crippen LogP contribution in [0.4, 0.5) is 0 Å². The molecule has 1 unspecified atom stereocenters. The molecule has 0 bridgehead atoms. The second-order valence-electron chi connectivity index (χ2n) is 6.44. The van der Waals surface area contributed by atoms with Crippen molar-refractivity contribution < 1.29 is 14.7 Å². The van der Waals surface area contributed by atoms with Crippen molar-refractivity contribution in [3.63, 3.8) is 0 Å². The van der Waals surface area contributed by atoms with Gasteiger partial charge in [-0.25, -0.2) is 0 Å². The summed E-state index contributed by atoms with van der Waals surface area (Å²) in [5.74, 6) is -0.0708. The van der Waals surface area contributed by atoms with E-state index in [-0.39, 0.29) is 24.3 Å². The van der Waals surface area contributed by atoms with Crippen LogP contribution in [0.2, 0.25) is 0 Å². The van der Waals surface area contributed by atoms with Crippen molar-refractivity contribution in [2.75, 3.05) is 20.6 Å². The Labute approximate surface area is 120 Å². The maximum atomic E-state index is 12.5. The van der Waals surface area contributed by atoms with Gasteiger partial charge in [0.1, 0.15) is 6.04 Å². The van der Waals surface area contributed by atoms with Gasteiger partial charge in [-0.1, -0.05) is 19.3 Å². The van der Waals surface area contributed by atoms with E-state index in [1.54, 1.807) is 23.9 Å². The summed E-state index contributed by atoms with van der Waals surface area (Å²) < 4.78 is 0. The summed E-state index contributed by atoms with van der Waals surface area (Å²) in [5.41, 5.74) is -0.844. The summed E-state index contributed by atoms with van der Waals surface area (Å²) in [6.07, 6.45) is 6.31. The molecule has 0 aromatic carbocycles. The highest BCUT2D eigenvalue weighted by Crippen LogP contribution is 2.32. The Balaban J connectivity index is 1.99. The highest BCUT2D eigenvalue weighted by Gasteiger charge is 2.39. The van der Waals surface area contributed by atoms with Crippen LogP contribution >= 0.6 is 0 Å². The molecule has 5 heteroatoms. The topological polar surface area (TPSA) is 60.9 Å². The molecule has 2 amide bonds. The first-order valence-corrected chi connectivity index (χ1v) is 7.66. The lowest BCUT2D eigenvalue weighted by atomic mass is 9.82. The lowest BCUT2D eigenvalue weighted by Crippen LogP contribution is -2.48. The molecular formula is C15H26N2O3. The molecule has 2 fully saturated rings. The van der Waals surface area contributed by atoms with Crippen molar-refractivity contribution >= 4 is 11.8 Å². The van der Waals surface area contributed by atoms with E-state index in [4.69, 9.17) is 0 Å². The normalized spacial score (nSPS) is 25.6. The minimum Gasteiger partial charge on any atom is -0.389 e. The van der Waals surface area contributed by atoms with E-state index in [1.165, 1.54) is 0 Å². The highest BCUT2D eigenvalue weighted by atomic mass is 16.3. The minimum atomic E-state index is -0.844. The van der Waals surface area contributed by atoms with Crippen LogP contribution in [0, 0.1) is 0 Å². The average molecular weight is 282 g/mol. The molecule has 2 aliphatic rings. The van der Waals surface area contributed by atoms with Gasteiger partial charge in [0.15, 0.2) is 0 Å². The van der Waals surface area contributed by atoms with E-state index in [0.717, 1.165) is 32.1 Å². The average Bonchev–Trinajstić information content (AvgIpc) is 2.87. The summed E-state index contributed by atoms with van der Waals surface area (Å²) in [7, 11) is 3.44. The first kappa shape index (κ1) is 15.3. The van der Waals surface area contributed by atoms with Crippen molar-refractivity contribution in [3.05, 3.63) is 0 Å². The molecule has 0 spiro atoms. The van der Waals surface area contributed by atoms with Crippen LogP contribution in [-0.2, 0) is 9.59 Å². The van der Waals surface area contributed by atoms with E-state index in [9.17, 15) is 14.7 Å². The van der Waals surface area contributed by atoms with E-state index in [0.29, 0.717) is 19.4 Å². The highest BCUT2D eigenvalue weighted by molar-refractivity contribution is 5.88. The summed E-state index contributed by atoms with van der Waals surface area (Å²) >= 11 is 0. The van der Waals surface area contributed by atoms with Gasteiger partial charge < -0.3 is 14.9 Å². The number of likely N-dealkylation sites (N-methyl/N-ethyl adjacent to an activating group) is 1. The van der Waals surface area contributed by atoms with Crippen molar-refractivity contribution in [2.24, 2.45) is 0 Å². The molecule has 114 valence electrons. The smallest absolute Gasteiger partial charge is 0.244 e. The molecule has 1 aliphatic carbocycles. The molecule has 2 rings (SSSR count). The SMILES string of the molecule is CN(C)C(=O)C1CCCN1C(=O)CC1(O)CCCCC1. The van der Waals surface area contributed by atoms with Gasteiger partial charge >= 0.3 is 0 Å². The number of nitrogens with zero attached hydrogens (tertiary/aromatic N) is 2. The Hall–Kier alpha value is -1.10. The third-order valence-electron chi connectivity index (χ3n) is 4.56. The van der Waals surface area contributed by atoms with Crippen LogP contribution in [0.1, 0.15) is 51.4 Å². The summed E-state index contributed by atoms with van der Waals surface area (Å²) in [6.45, 7) is 0.638. The van der Waals surface area contributed by atoms with Crippen molar-refractivity contribution in [3.8, 4) is 0 Å². The number of likely N-dealkylation sites (tertiary alicyclic amines) is 1. The fourth-order valence-corrected chi connectivity index (χ4v) is 3.39. The molecule has 0 aromatic heterocycles. The molecule has 5 nitrogen and oxygen atoms in total. The monoisotopic (exact) mass is 282 g/mol. The Kier molecular flexibility index (Phi) is 4.68. The molecule has 1 N–H and O–H groups in total. The zero-order valence-corrected chi connectivity index (χ0v) is 12.6. The van der Waals surface area contributed by atoms with E-state index < -0.39 is 5.60 Å². The fourth-order valence-electron chi connectivity index (χ4n) is 3.39. The third-order valence-corrected chi connectivity index (χ3v) is 4.56. The fraction of sp³-hybridized carbons (Fsp3) is 0.867. The second-order valence-corrected chi connectivity index (χ2v) is 6.44. The number of amides is 2. The maximum absolute atomic E-state index is 12.5. The Morgan fingerprint density at radius 2 is 1.85 bits per heavy atom. The lowest BCUT2D eigenvalue weighted by molar-refractivity contribution is -0.146. The minimum absolute atomic E-state index is 0.00789. The van der Waals surface area contributed by atoms with Crippen LogP contribution in [0.25, 0.3) is 0 Å². The largest absolute Gasteiger partial charge is 0.389 e. The molecule has 1 saturated carbocycles. The van der Waals surface area contributed by atoms with Gasteiger partial charge in [0, 0.05) is 20.6 Å². The second kappa shape index (κ2) is 6.12. The third kappa shape index (κ3) is 3.32. The summed E-state index contributed by atoms with van der Waals surface area (Å²) in [6, 6.07) is -0.329. The van der Waals surface area contributed by atoms with Crippen LogP contribution in [0.15, 0.2) is 0 Å². The zero-order valence-electron chi connectivity index (χ0n) is 12.6. The number of carbonyl (C=O) groups is 2. The van der Waals surface area contributed by atoms with Crippen molar-refractivity contribution in [2.45, 2.75) is 63.0 Å². The summed E-state index contributed by atoms with van der Waals surface area (Å²) in [4.78, 5) is 27.8. The van der Waals surface area contributed by atoms with Gasteiger partial charge in [-0.05, 0) is 25.7 Å². The molecule has 20 heavy (non-hydrogen) atoms. The Bertz CT molecular complexity index is 375. The van der Waals surface area contributed by atoms with E-state index in [1.807, 2.05) is 0 Å². The lowest BCUT2D eigenvalue weighted by Gasteiger charge is -2.34. The molecular weight excluding hydrogens is 256 g/mol. The van der Waals surface area contributed by atoms with Crippen LogP contribution in [0.5, 0.6) is 0 Å². The molecule has 1 saturated heterocycles. The molecule has 0 radical (unpaired) electrons. The Morgan fingerprint density at radius 1 is 1.20 bits per heavy atom. The number of rotatable bonds is 3. The van der Waals surface area contributed by atoms with E-state index in [2.05, 4.69) is 0 Å². The van der Waals surface area contributed by atoms with Gasteiger partial charge in [0.25, 0.3) is 0 Å². The number of hydrogen-bond acceptors (Lipinski definition) is 3. The number of hydrogen-bond donors (Lipinski definition) is 1. The number of carbonyl (C=O) groups excluding carboxylic acids is 2. The zero-order chi connectivity index (χ0) is 14.8. The first-order valence-electron chi connectivity index (χ1n) is 7.66. The van der Waals surface area contributed by atoms with Crippen LogP contribution in [0.3, 0.4) is 0 Å². The van der Waals surface area contributed by atoms with Gasteiger partial charge in [0.2, 0.25) is 11.8 Å². The predicted molar refractivity (Wildman–Crippen MR) is 76.1 cm³/mol. The van der Waals surface area contributed by atoms with Crippen LogP contribution in [-0.4, -0.2) is 59.0 Å².